The second-order valence-corrected chi connectivity index (χ2v) is 4.89. The predicted octanol–water partition coefficient (Wildman–Crippen LogP) is 2.08. The van der Waals surface area contributed by atoms with E-state index in [1.807, 2.05) is 0 Å². The second-order valence-electron chi connectivity index (χ2n) is 4.89. The zero-order valence-electron chi connectivity index (χ0n) is 10.7. The summed E-state index contributed by atoms with van der Waals surface area (Å²) in [5.74, 6) is -1.71. The van der Waals surface area contributed by atoms with E-state index < -0.39 is 11.6 Å². The highest BCUT2D eigenvalue weighted by Gasteiger charge is 2.14. The van der Waals surface area contributed by atoms with E-state index in [2.05, 4.69) is 10.6 Å². The van der Waals surface area contributed by atoms with Gasteiger partial charge in [0.1, 0.15) is 0 Å². The van der Waals surface area contributed by atoms with Crippen molar-refractivity contribution in [2.45, 2.75) is 19.3 Å². The maximum absolute atomic E-state index is 13.0. The van der Waals surface area contributed by atoms with Crippen molar-refractivity contribution in [3.8, 4) is 0 Å². The summed E-state index contributed by atoms with van der Waals surface area (Å²) in [7, 11) is 0. The SMILES string of the molecule is O=C(NCCC1CCCNC1)c1ccc(F)c(F)c1. The molecule has 1 aliphatic rings. The number of amides is 1. The summed E-state index contributed by atoms with van der Waals surface area (Å²) >= 11 is 0. The van der Waals surface area contributed by atoms with Crippen LogP contribution in [0.1, 0.15) is 29.6 Å². The predicted molar refractivity (Wildman–Crippen MR) is 68.9 cm³/mol. The van der Waals surface area contributed by atoms with Crippen LogP contribution < -0.4 is 10.6 Å². The minimum absolute atomic E-state index is 0.153. The molecule has 0 spiro atoms. The molecule has 2 rings (SSSR count). The van der Waals surface area contributed by atoms with Gasteiger partial charge in [-0.05, 0) is 56.5 Å². The molecule has 0 bridgehead atoms. The van der Waals surface area contributed by atoms with Crippen molar-refractivity contribution in [3.63, 3.8) is 0 Å². The van der Waals surface area contributed by atoms with Crippen molar-refractivity contribution in [1.29, 1.82) is 0 Å². The van der Waals surface area contributed by atoms with E-state index in [0.717, 1.165) is 31.6 Å². The number of hydrogen-bond acceptors (Lipinski definition) is 2. The summed E-state index contributed by atoms with van der Waals surface area (Å²) in [6.45, 7) is 2.61. The number of benzene rings is 1. The monoisotopic (exact) mass is 268 g/mol. The van der Waals surface area contributed by atoms with Gasteiger partial charge in [-0.1, -0.05) is 0 Å². The Balaban J connectivity index is 1.78. The van der Waals surface area contributed by atoms with Crippen LogP contribution in [0.4, 0.5) is 8.78 Å². The van der Waals surface area contributed by atoms with Gasteiger partial charge in [0.15, 0.2) is 11.6 Å². The Hall–Kier alpha value is -1.49. The number of hydrogen-bond donors (Lipinski definition) is 2. The van der Waals surface area contributed by atoms with Crippen molar-refractivity contribution >= 4 is 5.91 Å². The lowest BCUT2D eigenvalue weighted by atomic mass is 9.96. The van der Waals surface area contributed by atoms with Crippen molar-refractivity contribution in [1.82, 2.24) is 10.6 Å². The maximum Gasteiger partial charge on any atom is 0.251 e. The van der Waals surface area contributed by atoms with Crippen LogP contribution in [0.25, 0.3) is 0 Å². The molecule has 5 heteroatoms. The van der Waals surface area contributed by atoms with Gasteiger partial charge >= 0.3 is 0 Å². The van der Waals surface area contributed by atoms with Gasteiger partial charge in [0, 0.05) is 12.1 Å². The summed E-state index contributed by atoms with van der Waals surface area (Å²) in [6, 6.07) is 3.18. The Labute approximate surface area is 111 Å². The third-order valence-corrected chi connectivity index (χ3v) is 3.42. The lowest BCUT2D eigenvalue weighted by Crippen LogP contribution is -2.33. The second kappa shape index (κ2) is 6.61. The highest BCUT2D eigenvalue weighted by molar-refractivity contribution is 5.94. The van der Waals surface area contributed by atoms with Crippen molar-refractivity contribution in [2.24, 2.45) is 5.92 Å². The topological polar surface area (TPSA) is 41.1 Å². The molecule has 1 saturated heterocycles. The summed E-state index contributed by atoms with van der Waals surface area (Å²) in [4.78, 5) is 11.7. The van der Waals surface area contributed by atoms with Gasteiger partial charge in [0.2, 0.25) is 0 Å². The van der Waals surface area contributed by atoms with Crippen molar-refractivity contribution in [2.75, 3.05) is 19.6 Å². The molecule has 1 fully saturated rings. The lowest BCUT2D eigenvalue weighted by molar-refractivity contribution is 0.0950. The molecule has 1 aromatic rings. The summed E-state index contributed by atoms with van der Waals surface area (Å²) in [6.07, 6.45) is 3.25. The van der Waals surface area contributed by atoms with Gasteiger partial charge in [0.05, 0.1) is 0 Å². The molecule has 1 unspecified atom stereocenters. The third-order valence-electron chi connectivity index (χ3n) is 3.42. The molecule has 0 saturated carbocycles. The summed E-state index contributed by atoms with van der Waals surface area (Å²) < 4.78 is 25.7. The average Bonchev–Trinajstić information content (AvgIpc) is 2.43. The Morgan fingerprint density at radius 1 is 1.37 bits per heavy atom. The van der Waals surface area contributed by atoms with Crippen LogP contribution in [0.2, 0.25) is 0 Å². The summed E-state index contributed by atoms with van der Waals surface area (Å²) in [5, 5.41) is 6.05. The fraction of sp³-hybridized carbons (Fsp3) is 0.500. The summed E-state index contributed by atoms with van der Waals surface area (Å²) in [5.41, 5.74) is 0.153. The van der Waals surface area contributed by atoms with Crippen LogP contribution >= 0.6 is 0 Å². The van der Waals surface area contributed by atoms with E-state index in [9.17, 15) is 13.6 Å². The molecule has 1 amide bonds. The Morgan fingerprint density at radius 3 is 2.89 bits per heavy atom. The highest BCUT2D eigenvalue weighted by atomic mass is 19.2. The average molecular weight is 268 g/mol. The van der Waals surface area contributed by atoms with Crippen molar-refractivity contribution < 1.29 is 13.6 Å². The molecule has 104 valence electrons. The molecule has 1 heterocycles. The van der Waals surface area contributed by atoms with Gasteiger partial charge in [-0.25, -0.2) is 8.78 Å². The quantitative estimate of drug-likeness (QED) is 0.878. The Kier molecular flexibility index (Phi) is 4.85. The first-order valence-electron chi connectivity index (χ1n) is 6.61. The molecule has 2 N–H and O–H groups in total. The largest absolute Gasteiger partial charge is 0.352 e. The Bertz CT molecular complexity index is 445. The highest BCUT2D eigenvalue weighted by Crippen LogP contribution is 2.13. The molecular weight excluding hydrogens is 250 g/mol. The van der Waals surface area contributed by atoms with E-state index in [-0.39, 0.29) is 11.5 Å². The standard InChI is InChI=1S/C14H18F2N2O/c15-12-4-3-11(8-13(12)16)14(19)18-7-5-10-2-1-6-17-9-10/h3-4,8,10,17H,1-2,5-7,9H2,(H,18,19). The zero-order valence-corrected chi connectivity index (χ0v) is 10.7. The minimum Gasteiger partial charge on any atom is -0.352 e. The first kappa shape index (κ1) is 13.9. The first-order valence-corrected chi connectivity index (χ1v) is 6.61. The number of halogens is 2. The third kappa shape index (κ3) is 3.99. The first-order chi connectivity index (χ1) is 9.16. The number of carbonyl (C=O) groups excluding carboxylic acids is 1. The molecule has 19 heavy (non-hydrogen) atoms. The number of rotatable bonds is 4. The van der Waals surface area contributed by atoms with Gasteiger partial charge in [-0.3, -0.25) is 4.79 Å². The minimum atomic E-state index is -0.996. The van der Waals surface area contributed by atoms with E-state index >= 15 is 0 Å². The van der Waals surface area contributed by atoms with E-state index in [0.29, 0.717) is 12.5 Å². The van der Waals surface area contributed by atoms with Crippen LogP contribution in [-0.4, -0.2) is 25.5 Å². The smallest absolute Gasteiger partial charge is 0.251 e. The number of nitrogens with one attached hydrogen (secondary N) is 2. The number of piperidine rings is 1. The molecule has 0 aliphatic carbocycles. The van der Waals surface area contributed by atoms with Crippen molar-refractivity contribution in [3.05, 3.63) is 35.4 Å². The molecule has 0 aromatic heterocycles. The molecule has 0 radical (unpaired) electrons. The number of carbonyl (C=O) groups is 1. The molecule has 1 aromatic carbocycles. The van der Waals surface area contributed by atoms with Crippen LogP contribution in [0.5, 0.6) is 0 Å². The van der Waals surface area contributed by atoms with Crippen LogP contribution in [0.15, 0.2) is 18.2 Å². The van der Waals surface area contributed by atoms with Gasteiger partial charge in [-0.2, -0.15) is 0 Å². The Morgan fingerprint density at radius 2 is 2.21 bits per heavy atom. The molecular formula is C14H18F2N2O. The van der Waals surface area contributed by atoms with E-state index in [1.165, 1.54) is 18.9 Å². The molecule has 3 nitrogen and oxygen atoms in total. The fourth-order valence-electron chi connectivity index (χ4n) is 2.30. The van der Waals surface area contributed by atoms with Crippen LogP contribution in [0, 0.1) is 17.6 Å². The van der Waals surface area contributed by atoms with Gasteiger partial charge < -0.3 is 10.6 Å². The van der Waals surface area contributed by atoms with Gasteiger partial charge in [-0.15, -0.1) is 0 Å². The fourth-order valence-corrected chi connectivity index (χ4v) is 2.30. The maximum atomic E-state index is 13.0. The molecule has 1 atom stereocenters. The van der Waals surface area contributed by atoms with E-state index in [4.69, 9.17) is 0 Å². The van der Waals surface area contributed by atoms with Crippen LogP contribution in [-0.2, 0) is 0 Å². The zero-order chi connectivity index (χ0) is 13.7. The van der Waals surface area contributed by atoms with E-state index in [1.54, 1.807) is 0 Å². The molecule has 1 aliphatic heterocycles. The normalized spacial score (nSPS) is 19.2. The van der Waals surface area contributed by atoms with Gasteiger partial charge in [0.25, 0.3) is 5.91 Å². The van der Waals surface area contributed by atoms with Crippen LogP contribution in [0.3, 0.4) is 0 Å². The lowest BCUT2D eigenvalue weighted by Gasteiger charge is -2.22.